The standard InChI is InChI=1S/C12H18N2OS2/c1-2-3-13-4-7-17-11-9-8-16-6-5-14(9)12(15)10(11)13/h9H,2-8H2,1H3. The minimum Gasteiger partial charge on any atom is -0.366 e. The Labute approximate surface area is 111 Å². The molecule has 3 heterocycles. The highest BCUT2D eigenvalue weighted by atomic mass is 32.2. The summed E-state index contributed by atoms with van der Waals surface area (Å²) in [5.74, 6) is 3.63. The molecule has 94 valence electrons. The summed E-state index contributed by atoms with van der Waals surface area (Å²) < 4.78 is 0. The molecule has 1 amide bonds. The number of nitrogens with zero attached hydrogens (tertiary/aromatic N) is 2. The van der Waals surface area contributed by atoms with E-state index in [9.17, 15) is 4.79 Å². The first kappa shape index (κ1) is 11.8. The van der Waals surface area contributed by atoms with Gasteiger partial charge in [0, 0.05) is 41.8 Å². The van der Waals surface area contributed by atoms with Gasteiger partial charge in [-0.2, -0.15) is 11.8 Å². The summed E-state index contributed by atoms with van der Waals surface area (Å²) in [7, 11) is 0. The number of hydrogen-bond acceptors (Lipinski definition) is 4. The van der Waals surface area contributed by atoms with E-state index in [1.165, 1.54) is 4.91 Å². The summed E-state index contributed by atoms with van der Waals surface area (Å²) in [5.41, 5.74) is 1.04. The van der Waals surface area contributed by atoms with Gasteiger partial charge in [-0.25, -0.2) is 0 Å². The van der Waals surface area contributed by atoms with Crippen molar-refractivity contribution in [3.8, 4) is 0 Å². The first-order valence-corrected chi connectivity index (χ1v) is 8.47. The molecule has 0 radical (unpaired) electrons. The maximum Gasteiger partial charge on any atom is 0.271 e. The van der Waals surface area contributed by atoms with Gasteiger partial charge in [0.25, 0.3) is 5.91 Å². The van der Waals surface area contributed by atoms with Gasteiger partial charge in [-0.15, -0.1) is 11.8 Å². The molecule has 0 bridgehead atoms. The van der Waals surface area contributed by atoms with Crippen LogP contribution in [0, 0.1) is 0 Å². The van der Waals surface area contributed by atoms with Gasteiger partial charge in [0.15, 0.2) is 0 Å². The number of fused-ring (bicyclic) bond motifs is 2. The number of carbonyl (C=O) groups is 1. The average molecular weight is 270 g/mol. The van der Waals surface area contributed by atoms with Crippen LogP contribution in [-0.4, -0.2) is 58.6 Å². The summed E-state index contributed by atoms with van der Waals surface area (Å²) in [4.78, 5) is 18.2. The van der Waals surface area contributed by atoms with Gasteiger partial charge < -0.3 is 9.80 Å². The minimum absolute atomic E-state index is 0.297. The minimum atomic E-state index is 0.297. The van der Waals surface area contributed by atoms with Crippen LogP contribution in [0.1, 0.15) is 13.3 Å². The molecular weight excluding hydrogens is 252 g/mol. The first-order chi connectivity index (χ1) is 8.33. The smallest absolute Gasteiger partial charge is 0.271 e. The largest absolute Gasteiger partial charge is 0.366 e. The molecule has 3 nitrogen and oxygen atoms in total. The van der Waals surface area contributed by atoms with Crippen molar-refractivity contribution in [2.45, 2.75) is 19.4 Å². The Hall–Kier alpha value is -0.290. The Morgan fingerprint density at radius 1 is 1.35 bits per heavy atom. The van der Waals surface area contributed by atoms with Crippen LogP contribution in [0.4, 0.5) is 0 Å². The van der Waals surface area contributed by atoms with E-state index in [2.05, 4.69) is 16.7 Å². The predicted molar refractivity (Wildman–Crippen MR) is 74.2 cm³/mol. The van der Waals surface area contributed by atoms with Crippen LogP contribution in [0.5, 0.6) is 0 Å². The van der Waals surface area contributed by atoms with Crippen molar-refractivity contribution in [2.75, 3.05) is 36.9 Å². The summed E-state index contributed by atoms with van der Waals surface area (Å²) in [5, 5.41) is 0. The highest BCUT2D eigenvalue weighted by Crippen LogP contribution is 2.41. The molecule has 1 atom stereocenters. The fourth-order valence-corrected chi connectivity index (χ4v) is 5.25. The lowest BCUT2D eigenvalue weighted by molar-refractivity contribution is -0.128. The van der Waals surface area contributed by atoms with E-state index in [0.717, 1.165) is 49.0 Å². The zero-order valence-corrected chi connectivity index (χ0v) is 11.8. The van der Waals surface area contributed by atoms with Gasteiger partial charge in [-0.05, 0) is 6.42 Å². The number of rotatable bonds is 2. The number of hydrogen-bond donors (Lipinski definition) is 0. The van der Waals surface area contributed by atoms with Crippen LogP contribution in [0.15, 0.2) is 10.6 Å². The third-order valence-electron chi connectivity index (χ3n) is 3.56. The van der Waals surface area contributed by atoms with E-state index in [4.69, 9.17) is 0 Å². The summed E-state index contributed by atoms with van der Waals surface area (Å²) in [6.07, 6.45) is 1.12. The van der Waals surface area contributed by atoms with Crippen molar-refractivity contribution < 1.29 is 4.79 Å². The topological polar surface area (TPSA) is 23.6 Å². The summed E-state index contributed by atoms with van der Waals surface area (Å²) in [6, 6.07) is 0.390. The van der Waals surface area contributed by atoms with Crippen molar-refractivity contribution in [3.05, 3.63) is 10.6 Å². The second-order valence-corrected chi connectivity index (χ2v) is 6.92. The molecule has 0 aromatic heterocycles. The Balaban J connectivity index is 1.92. The van der Waals surface area contributed by atoms with Gasteiger partial charge in [0.2, 0.25) is 0 Å². The number of thioether (sulfide) groups is 2. The van der Waals surface area contributed by atoms with Gasteiger partial charge in [0.1, 0.15) is 5.70 Å². The molecule has 1 fully saturated rings. The normalized spacial score (nSPS) is 28.5. The van der Waals surface area contributed by atoms with E-state index in [1.807, 2.05) is 23.5 Å². The van der Waals surface area contributed by atoms with Crippen LogP contribution in [0.25, 0.3) is 0 Å². The van der Waals surface area contributed by atoms with Crippen molar-refractivity contribution in [1.82, 2.24) is 9.80 Å². The maximum atomic E-state index is 12.5. The monoisotopic (exact) mass is 270 g/mol. The van der Waals surface area contributed by atoms with Gasteiger partial charge >= 0.3 is 0 Å². The van der Waals surface area contributed by atoms with Crippen LogP contribution in [-0.2, 0) is 4.79 Å². The van der Waals surface area contributed by atoms with Crippen molar-refractivity contribution >= 4 is 29.4 Å². The molecule has 3 aliphatic rings. The Bertz CT molecular complexity index is 370. The van der Waals surface area contributed by atoms with E-state index in [0.29, 0.717) is 11.9 Å². The Morgan fingerprint density at radius 2 is 2.24 bits per heavy atom. The van der Waals surface area contributed by atoms with Gasteiger partial charge in [-0.1, -0.05) is 6.92 Å². The highest BCUT2D eigenvalue weighted by Gasteiger charge is 2.44. The molecule has 0 aliphatic carbocycles. The van der Waals surface area contributed by atoms with Crippen LogP contribution in [0.2, 0.25) is 0 Å². The van der Waals surface area contributed by atoms with E-state index < -0.39 is 0 Å². The molecule has 3 aliphatic heterocycles. The molecule has 0 saturated carbocycles. The summed E-state index contributed by atoms with van der Waals surface area (Å²) >= 11 is 3.90. The van der Waals surface area contributed by atoms with Crippen LogP contribution in [0.3, 0.4) is 0 Å². The molecule has 3 rings (SSSR count). The zero-order valence-electron chi connectivity index (χ0n) is 10.1. The quantitative estimate of drug-likeness (QED) is 0.761. The van der Waals surface area contributed by atoms with Crippen molar-refractivity contribution in [2.24, 2.45) is 0 Å². The number of amides is 1. The van der Waals surface area contributed by atoms with Crippen molar-refractivity contribution in [3.63, 3.8) is 0 Å². The van der Waals surface area contributed by atoms with E-state index in [1.54, 1.807) is 0 Å². The lowest BCUT2D eigenvalue weighted by Gasteiger charge is -2.30. The zero-order chi connectivity index (χ0) is 11.8. The first-order valence-electron chi connectivity index (χ1n) is 6.33. The maximum absolute atomic E-state index is 12.5. The van der Waals surface area contributed by atoms with Crippen molar-refractivity contribution in [1.29, 1.82) is 0 Å². The lowest BCUT2D eigenvalue weighted by Crippen LogP contribution is -2.42. The SMILES string of the molecule is CCCN1CCSC2=C1C(=O)N1CCSCC21. The molecule has 0 N–H and O–H groups in total. The molecule has 1 unspecified atom stereocenters. The molecule has 5 heteroatoms. The fraction of sp³-hybridized carbons (Fsp3) is 0.750. The fourth-order valence-electron chi connectivity index (χ4n) is 2.79. The third-order valence-corrected chi connectivity index (χ3v) is 5.74. The lowest BCUT2D eigenvalue weighted by atomic mass is 10.2. The highest BCUT2D eigenvalue weighted by molar-refractivity contribution is 8.03. The van der Waals surface area contributed by atoms with E-state index in [-0.39, 0.29) is 0 Å². The average Bonchev–Trinajstić information content (AvgIpc) is 2.66. The second-order valence-electron chi connectivity index (χ2n) is 4.64. The second kappa shape index (κ2) is 4.76. The third kappa shape index (κ3) is 1.87. The Morgan fingerprint density at radius 3 is 3.06 bits per heavy atom. The molecule has 1 saturated heterocycles. The molecule has 0 aromatic rings. The molecular formula is C12H18N2OS2. The van der Waals surface area contributed by atoms with Gasteiger partial charge in [-0.3, -0.25) is 4.79 Å². The van der Waals surface area contributed by atoms with E-state index >= 15 is 0 Å². The van der Waals surface area contributed by atoms with Gasteiger partial charge in [0.05, 0.1) is 6.04 Å². The predicted octanol–water partition coefficient (Wildman–Crippen LogP) is 1.61. The summed E-state index contributed by atoms with van der Waals surface area (Å²) in [6.45, 7) is 5.18. The molecule has 0 spiro atoms. The van der Waals surface area contributed by atoms with Crippen LogP contribution < -0.4 is 0 Å². The molecule has 17 heavy (non-hydrogen) atoms. The Kier molecular flexibility index (Phi) is 3.30. The molecule has 0 aromatic carbocycles. The van der Waals surface area contributed by atoms with Crippen LogP contribution >= 0.6 is 23.5 Å². The number of carbonyl (C=O) groups excluding carboxylic acids is 1.